The first-order valence-corrected chi connectivity index (χ1v) is 6.29. The summed E-state index contributed by atoms with van der Waals surface area (Å²) >= 11 is 0. The number of carbonyl (C=O) groups excluding carboxylic acids is 3. The largest absolute Gasteiger partial charge is 0.458 e. The number of ether oxygens (including phenoxy) is 3. The van der Waals surface area contributed by atoms with Gasteiger partial charge in [-0.1, -0.05) is 6.58 Å². The lowest BCUT2D eigenvalue weighted by Crippen LogP contribution is -2.37. The summed E-state index contributed by atoms with van der Waals surface area (Å²) in [4.78, 5) is 33.9. The van der Waals surface area contributed by atoms with E-state index in [4.69, 9.17) is 9.47 Å². The Balaban J connectivity index is 1.57. The first kappa shape index (κ1) is 12.2. The van der Waals surface area contributed by atoms with Crippen LogP contribution in [0.1, 0.15) is 12.8 Å². The normalized spacial score (nSPS) is 37.9. The van der Waals surface area contributed by atoms with Crippen molar-refractivity contribution in [2.24, 2.45) is 17.8 Å². The second-order valence-electron chi connectivity index (χ2n) is 5.17. The van der Waals surface area contributed by atoms with Gasteiger partial charge in [0.2, 0.25) is 0 Å². The van der Waals surface area contributed by atoms with Crippen LogP contribution in [-0.2, 0) is 28.6 Å². The summed E-state index contributed by atoms with van der Waals surface area (Å²) < 4.78 is 15.2. The van der Waals surface area contributed by atoms with Crippen LogP contribution < -0.4 is 0 Å². The minimum Gasteiger partial charge on any atom is -0.458 e. The fraction of sp³-hybridized carbons (Fsp3) is 0.615. The lowest BCUT2D eigenvalue weighted by molar-refractivity contribution is -0.168. The van der Waals surface area contributed by atoms with Crippen LogP contribution in [0.3, 0.4) is 0 Å². The lowest BCUT2D eigenvalue weighted by Gasteiger charge is -2.25. The van der Waals surface area contributed by atoms with Gasteiger partial charge in [0.15, 0.2) is 6.61 Å². The Kier molecular flexibility index (Phi) is 2.80. The van der Waals surface area contributed by atoms with Crippen LogP contribution in [0.15, 0.2) is 12.7 Å². The number of hydrogen-bond donors (Lipinski definition) is 0. The molecular weight excluding hydrogens is 252 g/mol. The van der Waals surface area contributed by atoms with Crippen molar-refractivity contribution < 1.29 is 28.6 Å². The molecule has 3 fully saturated rings. The summed E-state index contributed by atoms with van der Waals surface area (Å²) in [5, 5.41) is 0. The van der Waals surface area contributed by atoms with Crippen LogP contribution in [0.5, 0.6) is 0 Å². The molecule has 6 nitrogen and oxygen atoms in total. The summed E-state index contributed by atoms with van der Waals surface area (Å²) in [5.74, 6) is -1.10. The van der Waals surface area contributed by atoms with E-state index in [1.807, 2.05) is 0 Å². The van der Waals surface area contributed by atoms with Crippen molar-refractivity contribution in [1.82, 2.24) is 0 Å². The molecule has 0 N–H and O–H groups in total. The molecule has 2 bridgehead atoms. The molecule has 1 aliphatic heterocycles. The van der Waals surface area contributed by atoms with E-state index in [2.05, 4.69) is 11.3 Å². The fourth-order valence-electron chi connectivity index (χ4n) is 3.44. The van der Waals surface area contributed by atoms with Crippen molar-refractivity contribution in [2.75, 3.05) is 6.61 Å². The maximum Gasteiger partial charge on any atom is 0.344 e. The number of carbonyl (C=O) groups is 3. The molecule has 0 aromatic rings. The number of rotatable bonds is 4. The van der Waals surface area contributed by atoms with Gasteiger partial charge in [-0.15, -0.1) is 0 Å². The Hall–Kier alpha value is -1.85. The summed E-state index contributed by atoms with van der Waals surface area (Å²) in [7, 11) is 0. The SMILES string of the molecule is C=CC(=O)OCC(=O)OC1C2CC3C(=O)OC1C3C2. The van der Waals surface area contributed by atoms with Gasteiger partial charge in [-0.3, -0.25) is 4.79 Å². The Labute approximate surface area is 109 Å². The molecular formula is C13H14O6. The smallest absolute Gasteiger partial charge is 0.344 e. The van der Waals surface area contributed by atoms with Crippen molar-refractivity contribution >= 4 is 17.9 Å². The molecule has 5 atom stereocenters. The number of hydrogen-bond acceptors (Lipinski definition) is 6. The second-order valence-corrected chi connectivity index (χ2v) is 5.17. The molecule has 102 valence electrons. The molecule has 0 aromatic carbocycles. The van der Waals surface area contributed by atoms with E-state index in [0.29, 0.717) is 0 Å². The third kappa shape index (κ3) is 1.91. The predicted octanol–water partition coefficient (Wildman–Crippen LogP) is 0.209. The van der Waals surface area contributed by atoms with Gasteiger partial charge in [0.25, 0.3) is 0 Å². The zero-order chi connectivity index (χ0) is 13.6. The molecule has 19 heavy (non-hydrogen) atoms. The van der Waals surface area contributed by atoms with Gasteiger partial charge in [0, 0.05) is 17.9 Å². The summed E-state index contributed by atoms with van der Waals surface area (Å²) in [6, 6.07) is 0. The van der Waals surface area contributed by atoms with Crippen molar-refractivity contribution in [3.05, 3.63) is 12.7 Å². The molecule has 6 heteroatoms. The lowest BCUT2D eigenvalue weighted by atomic mass is 9.88. The summed E-state index contributed by atoms with van der Waals surface area (Å²) in [6.07, 6.45) is 1.88. The quantitative estimate of drug-likeness (QED) is 0.411. The highest BCUT2D eigenvalue weighted by atomic mass is 16.6. The topological polar surface area (TPSA) is 78.9 Å². The molecule has 3 rings (SSSR count). The minimum atomic E-state index is -0.669. The van der Waals surface area contributed by atoms with Crippen molar-refractivity contribution in [3.63, 3.8) is 0 Å². The highest BCUT2D eigenvalue weighted by molar-refractivity contribution is 5.83. The number of fused-ring (bicyclic) bond motifs is 1. The maximum absolute atomic E-state index is 11.6. The molecule has 0 spiro atoms. The minimum absolute atomic E-state index is 0.0106. The van der Waals surface area contributed by atoms with Gasteiger partial charge in [0.1, 0.15) is 12.2 Å². The van der Waals surface area contributed by atoms with E-state index in [-0.39, 0.29) is 35.9 Å². The number of esters is 3. The Bertz CT molecular complexity index is 456. The van der Waals surface area contributed by atoms with Crippen LogP contribution >= 0.6 is 0 Å². The zero-order valence-electron chi connectivity index (χ0n) is 10.2. The van der Waals surface area contributed by atoms with Crippen LogP contribution in [0.4, 0.5) is 0 Å². The standard InChI is InChI=1S/C13H14O6/c1-2-9(14)17-5-10(15)18-11-6-3-7-8(4-6)13(16)19-12(7)11/h2,6-8,11-12H,1,3-5H2. The fourth-order valence-corrected chi connectivity index (χ4v) is 3.44. The van der Waals surface area contributed by atoms with Crippen LogP contribution in [0, 0.1) is 17.8 Å². The van der Waals surface area contributed by atoms with Crippen LogP contribution in [0.2, 0.25) is 0 Å². The highest BCUT2D eigenvalue weighted by Crippen LogP contribution is 2.55. The monoisotopic (exact) mass is 266 g/mol. The van der Waals surface area contributed by atoms with Crippen molar-refractivity contribution in [3.8, 4) is 0 Å². The average molecular weight is 266 g/mol. The molecule has 0 radical (unpaired) electrons. The maximum atomic E-state index is 11.6. The van der Waals surface area contributed by atoms with Crippen LogP contribution in [-0.4, -0.2) is 36.7 Å². The van der Waals surface area contributed by atoms with E-state index in [1.54, 1.807) is 0 Å². The van der Waals surface area contributed by atoms with Gasteiger partial charge < -0.3 is 14.2 Å². The van der Waals surface area contributed by atoms with Gasteiger partial charge in [-0.05, 0) is 12.8 Å². The Morgan fingerprint density at radius 3 is 2.95 bits per heavy atom. The van der Waals surface area contributed by atoms with E-state index in [9.17, 15) is 14.4 Å². The van der Waals surface area contributed by atoms with E-state index >= 15 is 0 Å². The predicted molar refractivity (Wildman–Crippen MR) is 60.6 cm³/mol. The molecule has 1 heterocycles. The molecule has 1 saturated heterocycles. The molecule has 3 aliphatic rings. The van der Waals surface area contributed by atoms with Crippen molar-refractivity contribution in [1.29, 1.82) is 0 Å². The molecule has 5 unspecified atom stereocenters. The van der Waals surface area contributed by atoms with E-state index in [1.165, 1.54) is 0 Å². The first-order valence-electron chi connectivity index (χ1n) is 6.29. The Morgan fingerprint density at radius 1 is 1.42 bits per heavy atom. The van der Waals surface area contributed by atoms with E-state index < -0.39 is 18.5 Å². The van der Waals surface area contributed by atoms with Crippen molar-refractivity contribution in [2.45, 2.75) is 25.0 Å². The third-order valence-corrected chi connectivity index (χ3v) is 4.18. The average Bonchev–Trinajstić information content (AvgIpc) is 3.00. The molecule has 0 aromatic heterocycles. The zero-order valence-corrected chi connectivity index (χ0v) is 10.2. The first-order chi connectivity index (χ1) is 9.10. The van der Waals surface area contributed by atoms with Gasteiger partial charge in [-0.25, -0.2) is 9.59 Å². The summed E-state index contributed by atoms with van der Waals surface area (Å²) in [6.45, 7) is 2.79. The van der Waals surface area contributed by atoms with Gasteiger partial charge >= 0.3 is 17.9 Å². The Morgan fingerprint density at radius 2 is 2.21 bits per heavy atom. The second kappa shape index (κ2) is 4.36. The molecule has 2 aliphatic carbocycles. The summed E-state index contributed by atoms with van der Waals surface area (Å²) in [5.41, 5.74) is 0. The third-order valence-electron chi connectivity index (χ3n) is 4.18. The highest BCUT2D eigenvalue weighted by Gasteiger charge is 2.63. The molecule has 0 amide bonds. The van der Waals surface area contributed by atoms with E-state index in [0.717, 1.165) is 18.9 Å². The van der Waals surface area contributed by atoms with Gasteiger partial charge in [-0.2, -0.15) is 0 Å². The van der Waals surface area contributed by atoms with Crippen LogP contribution in [0.25, 0.3) is 0 Å². The van der Waals surface area contributed by atoms with Gasteiger partial charge in [0.05, 0.1) is 5.92 Å². The molecule has 2 saturated carbocycles.